The van der Waals surface area contributed by atoms with E-state index in [-0.39, 0.29) is 5.91 Å². The van der Waals surface area contributed by atoms with Crippen molar-refractivity contribution in [3.8, 4) is 11.5 Å². The van der Waals surface area contributed by atoms with E-state index in [2.05, 4.69) is 0 Å². The predicted molar refractivity (Wildman–Crippen MR) is 67.3 cm³/mol. The highest BCUT2D eigenvalue weighted by atomic mass is 16.5. The Kier molecular flexibility index (Phi) is 4.57. The topological polar surface area (TPSA) is 38.8 Å². The number of hydrogen-bond donors (Lipinski definition) is 0. The number of rotatable bonds is 4. The number of carbonyl (C=O) groups is 1. The van der Waals surface area contributed by atoms with Gasteiger partial charge in [0.1, 0.15) is 11.5 Å². The number of nitrogens with zero attached hydrogens (tertiary/aromatic N) is 1. The van der Waals surface area contributed by atoms with Gasteiger partial charge in [0, 0.05) is 25.7 Å². The number of hydrogen-bond acceptors (Lipinski definition) is 3. The first-order valence-corrected chi connectivity index (χ1v) is 5.20. The Bertz CT molecular complexity index is 425. The molecule has 0 N–H and O–H groups in total. The fraction of sp³-hybridized carbons (Fsp3) is 0.308. The van der Waals surface area contributed by atoms with E-state index in [1.54, 1.807) is 40.5 Å². The number of carbonyl (C=O) groups excluding carboxylic acids is 1. The van der Waals surface area contributed by atoms with Gasteiger partial charge in [-0.2, -0.15) is 0 Å². The van der Waals surface area contributed by atoms with Crippen LogP contribution in [0, 0.1) is 0 Å². The van der Waals surface area contributed by atoms with E-state index in [4.69, 9.17) is 9.47 Å². The van der Waals surface area contributed by atoms with Gasteiger partial charge in [0.25, 0.3) is 0 Å². The third-order valence-corrected chi connectivity index (χ3v) is 2.28. The van der Waals surface area contributed by atoms with Gasteiger partial charge in [-0.05, 0) is 24.3 Å². The van der Waals surface area contributed by atoms with Crippen molar-refractivity contribution in [3.05, 3.63) is 29.8 Å². The number of ether oxygens (including phenoxy) is 2. The molecule has 0 bridgehead atoms. The van der Waals surface area contributed by atoms with Crippen molar-refractivity contribution in [1.82, 2.24) is 4.90 Å². The van der Waals surface area contributed by atoms with Crippen molar-refractivity contribution in [1.29, 1.82) is 0 Å². The Morgan fingerprint density at radius 2 is 1.94 bits per heavy atom. The van der Waals surface area contributed by atoms with E-state index in [1.807, 2.05) is 12.1 Å². The minimum Gasteiger partial charge on any atom is -0.497 e. The average molecular weight is 235 g/mol. The van der Waals surface area contributed by atoms with Gasteiger partial charge < -0.3 is 14.4 Å². The molecule has 0 unspecified atom stereocenters. The van der Waals surface area contributed by atoms with Gasteiger partial charge in [-0.15, -0.1) is 0 Å². The van der Waals surface area contributed by atoms with Crippen LogP contribution in [0.5, 0.6) is 11.5 Å². The molecule has 0 atom stereocenters. The summed E-state index contributed by atoms with van der Waals surface area (Å²) in [6.07, 6.45) is 3.21. The maximum atomic E-state index is 11.4. The quantitative estimate of drug-likeness (QED) is 0.747. The molecule has 4 heteroatoms. The van der Waals surface area contributed by atoms with Crippen molar-refractivity contribution in [2.75, 3.05) is 28.3 Å². The van der Waals surface area contributed by atoms with Gasteiger partial charge in [0.05, 0.1) is 14.2 Å². The van der Waals surface area contributed by atoms with Gasteiger partial charge >= 0.3 is 0 Å². The molecule has 0 fully saturated rings. The van der Waals surface area contributed by atoms with Crippen LogP contribution in [-0.4, -0.2) is 39.1 Å². The molecular weight excluding hydrogens is 218 g/mol. The van der Waals surface area contributed by atoms with E-state index in [0.29, 0.717) is 5.75 Å². The van der Waals surface area contributed by atoms with Crippen molar-refractivity contribution >= 4 is 12.0 Å². The zero-order chi connectivity index (χ0) is 12.8. The van der Waals surface area contributed by atoms with E-state index >= 15 is 0 Å². The van der Waals surface area contributed by atoms with E-state index in [0.717, 1.165) is 11.3 Å². The Balaban J connectivity index is 2.99. The van der Waals surface area contributed by atoms with E-state index < -0.39 is 0 Å². The maximum absolute atomic E-state index is 11.4. The number of amides is 1. The summed E-state index contributed by atoms with van der Waals surface area (Å²) in [7, 11) is 6.60. The largest absolute Gasteiger partial charge is 0.497 e. The molecule has 0 aliphatic heterocycles. The molecule has 92 valence electrons. The molecule has 0 aromatic heterocycles. The monoisotopic (exact) mass is 235 g/mol. The Morgan fingerprint density at radius 1 is 1.24 bits per heavy atom. The summed E-state index contributed by atoms with van der Waals surface area (Å²) in [5.41, 5.74) is 0.807. The smallest absolute Gasteiger partial charge is 0.246 e. The van der Waals surface area contributed by atoms with Gasteiger partial charge in [-0.25, -0.2) is 0 Å². The first-order chi connectivity index (χ1) is 8.08. The SMILES string of the molecule is COc1ccc(OC)c(/C=C/C(=O)N(C)C)c1. The molecule has 17 heavy (non-hydrogen) atoms. The molecule has 0 aliphatic carbocycles. The molecule has 1 amide bonds. The maximum Gasteiger partial charge on any atom is 0.246 e. The second-order valence-corrected chi connectivity index (χ2v) is 3.67. The van der Waals surface area contributed by atoms with Crippen LogP contribution < -0.4 is 9.47 Å². The van der Waals surface area contributed by atoms with Crippen LogP contribution in [0.2, 0.25) is 0 Å². The first kappa shape index (κ1) is 13.1. The second-order valence-electron chi connectivity index (χ2n) is 3.67. The fourth-order valence-corrected chi connectivity index (χ4v) is 1.28. The molecule has 1 aromatic carbocycles. The highest BCUT2D eigenvalue weighted by Crippen LogP contribution is 2.24. The normalized spacial score (nSPS) is 10.4. The zero-order valence-corrected chi connectivity index (χ0v) is 10.6. The summed E-state index contributed by atoms with van der Waals surface area (Å²) < 4.78 is 10.3. The average Bonchev–Trinajstić information content (AvgIpc) is 2.35. The van der Waals surface area contributed by atoms with Crippen LogP contribution in [0.3, 0.4) is 0 Å². The number of methoxy groups -OCH3 is 2. The lowest BCUT2D eigenvalue weighted by Gasteiger charge is -2.08. The molecule has 0 aliphatic rings. The van der Waals surface area contributed by atoms with Crippen LogP contribution in [0.4, 0.5) is 0 Å². The van der Waals surface area contributed by atoms with Crippen molar-refractivity contribution < 1.29 is 14.3 Å². The van der Waals surface area contributed by atoms with E-state index in [1.165, 1.54) is 11.0 Å². The van der Waals surface area contributed by atoms with Gasteiger partial charge in [0.15, 0.2) is 0 Å². The summed E-state index contributed by atoms with van der Waals surface area (Å²) >= 11 is 0. The van der Waals surface area contributed by atoms with Crippen LogP contribution >= 0.6 is 0 Å². The number of likely N-dealkylation sites (N-methyl/N-ethyl adjacent to an activating group) is 1. The Morgan fingerprint density at radius 3 is 2.47 bits per heavy atom. The third-order valence-electron chi connectivity index (χ3n) is 2.28. The zero-order valence-electron chi connectivity index (χ0n) is 10.6. The molecule has 0 heterocycles. The molecule has 1 rings (SSSR count). The summed E-state index contributed by atoms with van der Waals surface area (Å²) in [6, 6.07) is 5.43. The second kappa shape index (κ2) is 5.94. The van der Waals surface area contributed by atoms with Crippen LogP contribution in [0.25, 0.3) is 6.08 Å². The summed E-state index contributed by atoms with van der Waals surface area (Å²) in [4.78, 5) is 12.9. The van der Waals surface area contributed by atoms with Gasteiger partial charge in [0.2, 0.25) is 5.91 Å². The summed E-state index contributed by atoms with van der Waals surface area (Å²) in [6.45, 7) is 0. The lowest BCUT2D eigenvalue weighted by atomic mass is 10.1. The minimum atomic E-state index is -0.0742. The van der Waals surface area contributed by atoms with Crippen LogP contribution in [0.15, 0.2) is 24.3 Å². The Labute approximate surface area is 101 Å². The number of benzene rings is 1. The minimum absolute atomic E-state index is 0.0742. The molecule has 0 radical (unpaired) electrons. The molecule has 0 spiro atoms. The Hall–Kier alpha value is -1.97. The highest BCUT2D eigenvalue weighted by molar-refractivity contribution is 5.91. The molecule has 4 nitrogen and oxygen atoms in total. The molecule has 0 saturated heterocycles. The van der Waals surface area contributed by atoms with Gasteiger partial charge in [-0.1, -0.05) is 0 Å². The van der Waals surface area contributed by atoms with E-state index in [9.17, 15) is 4.79 Å². The van der Waals surface area contributed by atoms with Crippen LogP contribution in [-0.2, 0) is 4.79 Å². The molecular formula is C13H17NO3. The lowest BCUT2D eigenvalue weighted by molar-refractivity contribution is -0.123. The van der Waals surface area contributed by atoms with Crippen molar-refractivity contribution in [2.45, 2.75) is 0 Å². The predicted octanol–water partition coefficient (Wildman–Crippen LogP) is 1.81. The standard InChI is InChI=1S/C13H17NO3/c1-14(2)13(15)8-5-10-9-11(16-3)6-7-12(10)17-4/h5-9H,1-4H3/b8-5+. The van der Waals surface area contributed by atoms with Crippen molar-refractivity contribution in [3.63, 3.8) is 0 Å². The summed E-state index contributed by atoms with van der Waals surface area (Å²) in [5, 5.41) is 0. The molecule has 0 saturated carbocycles. The summed E-state index contributed by atoms with van der Waals surface area (Å²) in [5.74, 6) is 1.35. The fourth-order valence-electron chi connectivity index (χ4n) is 1.28. The first-order valence-electron chi connectivity index (χ1n) is 5.20. The lowest BCUT2D eigenvalue weighted by Crippen LogP contribution is -2.18. The van der Waals surface area contributed by atoms with Crippen molar-refractivity contribution in [2.24, 2.45) is 0 Å². The highest BCUT2D eigenvalue weighted by Gasteiger charge is 2.03. The molecule has 1 aromatic rings. The van der Waals surface area contributed by atoms with Crippen LogP contribution in [0.1, 0.15) is 5.56 Å². The van der Waals surface area contributed by atoms with Gasteiger partial charge in [-0.3, -0.25) is 4.79 Å². The third kappa shape index (κ3) is 3.52.